The molecule has 0 aliphatic carbocycles. The van der Waals surface area contributed by atoms with Crippen LogP contribution in [-0.2, 0) is 6.54 Å². The number of aryl methyl sites for hydroxylation is 1. The molecule has 9 nitrogen and oxygen atoms in total. The number of anilines is 2. The van der Waals surface area contributed by atoms with Crippen LogP contribution >= 0.6 is 23.2 Å². The maximum atomic E-state index is 15.2. The molecule has 1 aliphatic heterocycles. The maximum absolute atomic E-state index is 15.2. The van der Waals surface area contributed by atoms with Gasteiger partial charge in [0.2, 0.25) is 0 Å². The summed E-state index contributed by atoms with van der Waals surface area (Å²) in [6.07, 6.45) is 1.65. The number of rotatable bonds is 5. The Kier molecular flexibility index (Phi) is 9.68. The van der Waals surface area contributed by atoms with Gasteiger partial charge in [0.15, 0.2) is 0 Å². The van der Waals surface area contributed by atoms with Crippen LogP contribution < -0.4 is 16.0 Å². The first-order chi connectivity index (χ1) is 22.8. The molecule has 1 aliphatic rings. The summed E-state index contributed by atoms with van der Waals surface area (Å²) in [5, 5.41) is 14.3. The van der Waals surface area contributed by atoms with Crippen LogP contribution in [0.1, 0.15) is 32.0 Å². The van der Waals surface area contributed by atoms with Crippen molar-refractivity contribution in [2.75, 3.05) is 10.6 Å². The number of carbonyl (C=O) groups is 3. The standard InChI is InChI=1S/C25H17ClF3N5O2.C7H3ClF2O2/c1-11-9-30-23(32-11)15-5-4-13(16-10-31-24(35)20(15)16)14-3-2-12(8-19(14)29)33-25(36)34-22-18(28)7-6-17(27)21(22)26;8-6-4(10)2-1-3(9)5(6)7(11)12/h2-9H,10H2,1H3,(H,30,32)(H,31,35)(H2,33,34,36);1-2H,(H,11,12). The van der Waals surface area contributed by atoms with E-state index in [1.54, 1.807) is 18.3 Å². The zero-order valence-corrected chi connectivity index (χ0v) is 25.8. The van der Waals surface area contributed by atoms with Crippen molar-refractivity contribution < 1.29 is 41.4 Å². The summed E-state index contributed by atoms with van der Waals surface area (Å²) in [6, 6.07) is 9.58. The molecule has 48 heavy (non-hydrogen) atoms. The number of halogens is 7. The van der Waals surface area contributed by atoms with Crippen molar-refractivity contribution in [1.82, 2.24) is 15.3 Å². The lowest BCUT2D eigenvalue weighted by atomic mass is 9.92. The molecule has 0 saturated heterocycles. The van der Waals surface area contributed by atoms with Gasteiger partial charge in [-0.15, -0.1) is 0 Å². The number of urea groups is 1. The summed E-state index contributed by atoms with van der Waals surface area (Å²) in [5.41, 5.74) is 1.90. The Balaban J connectivity index is 0.000000318. The quantitative estimate of drug-likeness (QED) is 0.0926. The molecule has 4 aromatic carbocycles. The van der Waals surface area contributed by atoms with Gasteiger partial charge >= 0.3 is 12.0 Å². The number of hydrogen-bond acceptors (Lipinski definition) is 4. The molecule has 0 spiro atoms. The van der Waals surface area contributed by atoms with E-state index in [1.807, 2.05) is 6.92 Å². The third kappa shape index (κ3) is 6.80. The molecular weight excluding hydrogens is 684 g/mol. The van der Waals surface area contributed by atoms with Crippen molar-refractivity contribution >= 4 is 52.5 Å². The van der Waals surface area contributed by atoms with Crippen molar-refractivity contribution in [2.24, 2.45) is 0 Å². The predicted molar refractivity (Wildman–Crippen MR) is 168 cm³/mol. The number of aromatic nitrogens is 2. The second-order valence-electron chi connectivity index (χ2n) is 10.1. The van der Waals surface area contributed by atoms with Crippen molar-refractivity contribution in [3.63, 3.8) is 0 Å². The highest BCUT2D eigenvalue weighted by Crippen LogP contribution is 2.37. The Morgan fingerprint density at radius 1 is 0.812 bits per heavy atom. The van der Waals surface area contributed by atoms with Gasteiger partial charge in [0, 0.05) is 35.2 Å². The molecule has 3 amide bonds. The summed E-state index contributed by atoms with van der Waals surface area (Å²) in [4.78, 5) is 42.5. The Hall–Kier alpha value is -5.47. The van der Waals surface area contributed by atoms with Gasteiger partial charge in [-0.1, -0.05) is 29.3 Å². The lowest BCUT2D eigenvalue weighted by Gasteiger charge is -2.13. The highest BCUT2D eigenvalue weighted by molar-refractivity contribution is 6.34. The van der Waals surface area contributed by atoms with Crippen LogP contribution in [0.4, 0.5) is 38.1 Å². The van der Waals surface area contributed by atoms with Crippen molar-refractivity contribution in [3.05, 3.63) is 122 Å². The molecule has 2 heterocycles. The van der Waals surface area contributed by atoms with Gasteiger partial charge in [-0.05, 0) is 66.6 Å². The van der Waals surface area contributed by atoms with Crippen LogP contribution in [0.2, 0.25) is 10.0 Å². The van der Waals surface area contributed by atoms with E-state index in [9.17, 15) is 31.9 Å². The number of imidazole rings is 1. The second kappa shape index (κ2) is 13.7. The van der Waals surface area contributed by atoms with Gasteiger partial charge in [-0.3, -0.25) is 4.79 Å². The van der Waals surface area contributed by atoms with E-state index in [0.717, 1.165) is 30.0 Å². The third-order valence-electron chi connectivity index (χ3n) is 6.98. The summed E-state index contributed by atoms with van der Waals surface area (Å²) in [5.74, 6) is -5.82. The minimum Gasteiger partial charge on any atom is -0.478 e. The number of aromatic amines is 1. The smallest absolute Gasteiger partial charge is 0.340 e. The molecule has 0 saturated carbocycles. The SMILES string of the molecule is Cc1cnc(-c2ccc(-c3ccc(NC(=O)Nc4c(F)ccc(F)c4Cl)cc3F)c3c2C(=O)NC3)[nH]1.O=C(O)c1c(F)ccc(F)c1Cl. The van der Waals surface area contributed by atoms with Crippen LogP contribution in [0.3, 0.4) is 0 Å². The van der Waals surface area contributed by atoms with E-state index in [2.05, 4.69) is 25.9 Å². The third-order valence-corrected chi connectivity index (χ3v) is 7.72. The number of carboxylic acid groups (broad SMARTS) is 1. The molecule has 246 valence electrons. The second-order valence-corrected chi connectivity index (χ2v) is 10.9. The lowest BCUT2D eigenvalue weighted by molar-refractivity contribution is 0.0691. The van der Waals surface area contributed by atoms with Gasteiger partial charge in [0.05, 0.1) is 10.6 Å². The average Bonchev–Trinajstić information content (AvgIpc) is 3.65. The molecular formula is C32H20Cl2F5N5O4. The number of hydrogen-bond donors (Lipinski definition) is 5. The number of nitrogens with one attached hydrogen (secondary N) is 4. The van der Waals surface area contributed by atoms with Crippen LogP contribution in [0.15, 0.2) is 60.8 Å². The van der Waals surface area contributed by atoms with Crippen LogP contribution in [0.5, 0.6) is 0 Å². The molecule has 1 aromatic heterocycles. The highest BCUT2D eigenvalue weighted by Gasteiger charge is 2.28. The number of carboxylic acids is 1. The van der Waals surface area contributed by atoms with Gasteiger partial charge in [0.1, 0.15) is 51.2 Å². The number of fused-ring (bicyclic) bond motifs is 1. The van der Waals surface area contributed by atoms with Crippen LogP contribution in [-0.4, -0.2) is 33.0 Å². The van der Waals surface area contributed by atoms with Gasteiger partial charge < -0.3 is 26.0 Å². The van der Waals surface area contributed by atoms with Gasteiger partial charge in [-0.2, -0.15) is 0 Å². The molecule has 6 rings (SSSR count). The summed E-state index contributed by atoms with van der Waals surface area (Å²) in [7, 11) is 0. The molecule has 5 N–H and O–H groups in total. The Morgan fingerprint density at radius 2 is 1.44 bits per heavy atom. The van der Waals surface area contributed by atoms with Crippen LogP contribution in [0.25, 0.3) is 22.5 Å². The molecule has 5 aromatic rings. The van der Waals surface area contributed by atoms with Crippen molar-refractivity contribution in [2.45, 2.75) is 13.5 Å². The molecule has 0 fully saturated rings. The Labute approximate surface area is 277 Å². The van der Waals surface area contributed by atoms with E-state index in [0.29, 0.717) is 34.1 Å². The van der Waals surface area contributed by atoms with E-state index >= 15 is 4.39 Å². The fraction of sp³-hybridized carbons (Fsp3) is 0.0625. The summed E-state index contributed by atoms with van der Waals surface area (Å²) >= 11 is 10.9. The van der Waals surface area contributed by atoms with Crippen LogP contribution in [0, 0.1) is 36.0 Å². The molecule has 0 unspecified atom stereocenters. The van der Waals surface area contributed by atoms with Crippen molar-refractivity contribution in [1.29, 1.82) is 0 Å². The fourth-order valence-corrected chi connectivity index (χ4v) is 5.23. The maximum Gasteiger partial charge on any atom is 0.340 e. The van der Waals surface area contributed by atoms with Gasteiger partial charge in [0.25, 0.3) is 5.91 Å². The predicted octanol–water partition coefficient (Wildman–Crippen LogP) is 8.33. The molecule has 0 atom stereocenters. The molecule has 0 bridgehead atoms. The van der Waals surface area contributed by atoms with Crippen molar-refractivity contribution in [3.8, 4) is 22.5 Å². The fourth-order valence-electron chi connectivity index (χ4n) is 4.80. The first kappa shape index (κ1) is 33.9. The minimum absolute atomic E-state index is 0.0650. The summed E-state index contributed by atoms with van der Waals surface area (Å²) < 4.78 is 67.9. The molecule has 16 heteroatoms. The van der Waals surface area contributed by atoms with E-state index in [1.165, 1.54) is 12.1 Å². The molecule has 0 radical (unpaired) electrons. The van der Waals surface area contributed by atoms with Gasteiger partial charge in [-0.25, -0.2) is 36.5 Å². The average molecular weight is 704 g/mol. The number of nitrogens with zero attached hydrogens (tertiary/aromatic N) is 1. The number of amides is 3. The monoisotopic (exact) mass is 703 g/mol. The first-order valence-electron chi connectivity index (χ1n) is 13.6. The topological polar surface area (TPSA) is 136 Å². The highest BCUT2D eigenvalue weighted by atomic mass is 35.5. The Bertz CT molecular complexity index is 2130. The number of benzene rings is 4. The lowest BCUT2D eigenvalue weighted by Crippen LogP contribution is -2.20. The number of H-pyrrole nitrogens is 1. The van der Waals surface area contributed by atoms with E-state index in [4.69, 9.17) is 28.3 Å². The minimum atomic E-state index is -1.59. The normalized spacial score (nSPS) is 11.7. The number of carbonyl (C=O) groups excluding carboxylic acids is 2. The zero-order chi connectivity index (χ0) is 34.9. The van der Waals surface area contributed by atoms with E-state index < -0.39 is 62.4 Å². The Morgan fingerprint density at radius 3 is 2.06 bits per heavy atom. The first-order valence-corrected chi connectivity index (χ1v) is 14.4. The number of aromatic carboxylic acids is 1. The van der Waals surface area contributed by atoms with E-state index in [-0.39, 0.29) is 23.7 Å². The largest absolute Gasteiger partial charge is 0.478 e. The summed E-state index contributed by atoms with van der Waals surface area (Å²) in [6.45, 7) is 2.07. The zero-order valence-electron chi connectivity index (χ0n) is 24.2.